The number of hydrogen-bond acceptors (Lipinski definition) is 3. The van der Waals surface area contributed by atoms with Gasteiger partial charge in [-0.15, -0.1) is 0 Å². The van der Waals surface area contributed by atoms with Crippen molar-refractivity contribution in [1.29, 1.82) is 0 Å². The van der Waals surface area contributed by atoms with Crippen molar-refractivity contribution in [3.63, 3.8) is 0 Å². The number of aromatic nitrogens is 2. The van der Waals surface area contributed by atoms with E-state index >= 15 is 0 Å². The predicted molar refractivity (Wildman–Crippen MR) is 65.2 cm³/mol. The Morgan fingerprint density at radius 1 is 0.938 bits per heavy atom. The molecule has 1 fully saturated rings. The molecule has 3 heteroatoms. The lowest BCUT2D eigenvalue weighted by Crippen LogP contribution is -2.40. The van der Waals surface area contributed by atoms with Gasteiger partial charge in [-0.3, -0.25) is 0 Å². The highest BCUT2D eigenvalue weighted by Gasteiger charge is 2.32. The fourth-order valence-electron chi connectivity index (χ4n) is 2.40. The van der Waals surface area contributed by atoms with E-state index in [1.54, 1.807) is 0 Å². The molecular weight excluding hydrogens is 198 g/mol. The van der Waals surface area contributed by atoms with Crippen molar-refractivity contribution in [2.24, 2.45) is 5.73 Å². The molecule has 1 aromatic rings. The Morgan fingerprint density at radius 2 is 1.44 bits per heavy atom. The van der Waals surface area contributed by atoms with Gasteiger partial charge in [0.2, 0.25) is 0 Å². The number of nitrogens with zero attached hydrogens (tertiary/aromatic N) is 2. The lowest BCUT2D eigenvalue weighted by molar-refractivity contribution is 0.286. The Morgan fingerprint density at radius 3 is 1.94 bits per heavy atom. The molecule has 88 valence electrons. The second kappa shape index (κ2) is 4.13. The molecule has 16 heavy (non-hydrogen) atoms. The summed E-state index contributed by atoms with van der Waals surface area (Å²) < 4.78 is 0. The molecule has 0 saturated heterocycles. The van der Waals surface area contributed by atoms with Crippen LogP contribution in [0.5, 0.6) is 0 Å². The summed E-state index contributed by atoms with van der Waals surface area (Å²) in [6.45, 7) is 6.15. The third-order valence-corrected chi connectivity index (χ3v) is 3.82. The van der Waals surface area contributed by atoms with Crippen LogP contribution in [0.3, 0.4) is 0 Å². The number of rotatable bonds is 1. The molecule has 2 rings (SSSR count). The van der Waals surface area contributed by atoms with Gasteiger partial charge < -0.3 is 5.73 Å². The minimum atomic E-state index is -0.276. The third kappa shape index (κ3) is 1.96. The summed E-state index contributed by atoms with van der Waals surface area (Å²) in [6, 6.07) is 0. The van der Waals surface area contributed by atoms with Crippen molar-refractivity contribution in [2.75, 3.05) is 0 Å². The van der Waals surface area contributed by atoms with Gasteiger partial charge >= 0.3 is 0 Å². The highest BCUT2D eigenvalue weighted by molar-refractivity contribution is 5.24. The van der Waals surface area contributed by atoms with Crippen LogP contribution in [0.2, 0.25) is 0 Å². The molecule has 0 bridgehead atoms. The standard InChI is InChI=1S/C13H21N3/c1-9-10(2)15-12(16-11(9)3)13(14)7-5-4-6-8-13/h4-8,14H2,1-3H3. The molecule has 0 amide bonds. The van der Waals surface area contributed by atoms with Crippen LogP contribution in [0.1, 0.15) is 54.9 Å². The van der Waals surface area contributed by atoms with E-state index in [0.29, 0.717) is 0 Å². The van der Waals surface area contributed by atoms with Crippen molar-refractivity contribution in [3.8, 4) is 0 Å². The maximum atomic E-state index is 6.44. The van der Waals surface area contributed by atoms with E-state index in [4.69, 9.17) is 5.73 Å². The van der Waals surface area contributed by atoms with Crippen molar-refractivity contribution in [1.82, 2.24) is 9.97 Å². The van der Waals surface area contributed by atoms with Crippen molar-refractivity contribution in [2.45, 2.75) is 58.4 Å². The van der Waals surface area contributed by atoms with Crippen LogP contribution >= 0.6 is 0 Å². The molecule has 1 saturated carbocycles. The first-order chi connectivity index (χ1) is 7.53. The van der Waals surface area contributed by atoms with E-state index in [-0.39, 0.29) is 5.54 Å². The molecule has 0 aromatic carbocycles. The molecule has 2 N–H and O–H groups in total. The minimum Gasteiger partial charge on any atom is -0.319 e. The zero-order valence-electron chi connectivity index (χ0n) is 10.5. The average Bonchev–Trinajstić information content (AvgIpc) is 2.26. The highest BCUT2D eigenvalue weighted by Crippen LogP contribution is 2.33. The maximum Gasteiger partial charge on any atom is 0.148 e. The van der Waals surface area contributed by atoms with Gasteiger partial charge in [0.05, 0.1) is 5.54 Å². The molecule has 0 radical (unpaired) electrons. The molecule has 1 aliphatic rings. The van der Waals surface area contributed by atoms with Crippen molar-refractivity contribution < 1.29 is 0 Å². The maximum absolute atomic E-state index is 6.44. The van der Waals surface area contributed by atoms with E-state index in [1.165, 1.54) is 24.8 Å². The summed E-state index contributed by atoms with van der Waals surface area (Å²) in [6.07, 6.45) is 5.74. The summed E-state index contributed by atoms with van der Waals surface area (Å²) in [5.41, 5.74) is 9.49. The Labute approximate surface area is 97.5 Å². The summed E-state index contributed by atoms with van der Waals surface area (Å²) >= 11 is 0. The third-order valence-electron chi connectivity index (χ3n) is 3.82. The van der Waals surface area contributed by atoms with Crippen molar-refractivity contribution in [3.05, 3.63) is 22.8 Å². The number of aryl methyl sites for hydroxylation is 2. The zero-order chi connectivity index (χ0) is 11.8. The van der Waals surface area contributed by atoms with Gasteiger partial charge in [-0.1, -0.05) is 19.3 Å². The predicted octanol–water partition coefficient (Wildman–Crippen LogP) is 2.52. The first-order valence-electron chi connectivity index (χ1n) is 6.14. The number of hydrogen-bond donors (Lipinski definition) is 1. The molecule has 0 unspecified atom stereocenters. The van der Waals surface area contributed by atoms with Crippen molar-refractivity contribution >= 4 is 0 Å². The molecular formula is C13H21N3. The molecule has 0 spiro atoms. The number of nitrogens with two attached hydrogens (primary N) is 1. The van der Waals surface area contributed by atoms with Crippen LogP contribution in [0.25, 0.3) is 0 Å². The molecule has 0 aliphatic heterocycles. The van der Waals surface area contributed by atoms with Gasteiger partial charge in [0.15, 0.2) is 0 Å². The van der Waals surface area contributed by atoms with Gasteiger partial charge in [-0.25, -0.2) is 9.97 Å². The van der Waals surface area contributed by atoms with Crippen LogP contribution in [0, 0.1) is 20.8 Å². The summed E-state index contributed by atoms with van der Waals surface area (Å²) in [7, 11) is 0. The second-order valence-corrected chi connectivity index (χ2v) is 5.06. The summed E-state index contributed by atoms with van der Waals surface area (Å²) in [5.74, 6) is 0.854. The van der Waals surface area contributed by atoms with Gasteiger partial charge in [-0.05, 0) is 39.2 Å². The monoisotopic (exact) mass is 219 g/mol. The van der Waals surface area contributed by atoms with Crippen LogP contribution in [0.4, 0.5) is 0 Å². The lowest BCUT2D eigenvalue weighted by atomic mass is 9.82. The van der Waals surface area contributed by atoms with E-state index < -0.39 is 0 Å². The van der Waals surface area contributed by atoms with Crippen LogP contribution < -0.4 is 5.73 Å². The SMILES string of the molecule is Cc1nc(C2(N)CCCCC2)nc(C)c1C. The van der Waals surface area contributed by atoms with Crippen LogP contribution in [-0.2, 0) is 5.54 Å². The first kappa shape index (κ1) is 11.5. The van der Waals surface area contributed by atoms with Crippen LogP contribution in [-0.4, -0.2) is 9.97 Å². The normalized spacial score (nSPS) is 19.8. The highest BCUT2D eigenvalue weighted by atomic mass is 15.0. The Bertz CT molecular complexity index is 369. The quantitative estimate of drug-likeness (QED) is 0.789. The van der Waals surface area contributed by atoms with Gasteiger partial charge in [0.25, 0.3) is 0 Å². The van der Waals surface area contributed by atoms with E-state index in [0.717, 1.165) is 30.1 Å². The van der Waals surface area contributed by atoms with E-state index in [2.05, 4.69) is 16.9 Å². The van der Waals surface area contributed by atoms with E-state index in [1.807, 2.05) is 13.8 Å². The second-order valence-electron chi connectivity index (χ2n) is 5.06. The smallest absolute Gasteiger partial charge is 0.148 e. The first-order valence-corrected chi connectivity index (χ1v) is 6.14. The molecule has 1 aromatic heterocycles. The summed E-state index contributed by atoms with van der Waals surface area (Å²) in [5, 5.41) is 0. The van der Waals surface area contributed by atoms with Gasteiger partial charge in [0.1, 0.15) is 5.82 Å². The Kier molecular flexibility index (Phi) is 2.98. The minimum absolute atomic E-state index is 0.276. The van der Waals surface area contributed by atoms with E-state index in [9.17, 15) is 0 Å². The van der Waals surface area contributed by atoms with Crippen LogP contribution in [0.15, 0.2) is 0 Å². The van der Waals surface area contributed by atoms with Gasteiger partial charge in [-0.2, -0.15) is 0 Å². The molecule has 3 nitrogen and oxygen atoms in total. The average molecular weight is 219 g/mol. The summed E-state index contributed by atoms with van der Waals surface area (Å²) in [4.78, 5) is 9.19. The fraction of sp³-hybridized carbons (Fsp3) is 0.692. The fourth-order valence-corrected chi connectivity index (χ4v) is 2.40. The van der Waals surface area contributed by atoms with Gasteiger partial charge in [0, 0.05) is 11.4 Å². The largest absolute Gasteiger partial charge is 0.319 e. The lowest BCUT2D eigenvalue weighted by Gasteiger charge is -2.32. The Balaban J connectivity index is 2.39. The molecule has 1 aliphatic carbocycles. The molecule has 1 heterocycles. The zero-order valence-corrected chi connectivity index (χ0v) is 10.5. The molecule has 0 atom stereocenters. The Hall–Kier alpha value is -0.960. The topological polar surface area (TPSA) is 51.8 Å².